The molecule has 0 amide bonds. The van der Waals surface area contributed by atoms with E-state index in [0.29, 0.717) is 5.92 Å². The molecule has 4 heteroatoms. The maximum absolute atomic E-state index is 4.71. The molecule has 1 saturated heterocycles. The van der Waals surface area contributed by atoms with Crippen molar-refractivity contribution in [2.75, 3.05) is 44.7 Å². The van der Waals surface area contributed by atoms with Gasteiger partial charge in [-0.3, -0.25) is 0 Å². The molecule has 0 saturated carbocycles. The van der Waals surface area contributed by atoms with Crippen molar-refractivity contribution in [2.45, 2.75) is 27.3 Å². The zero-order valence-corrected chi connectivity index (χ0v) is 13.3. The second-order valence-electron chi connectivity index (χ2n) is 6.29. The lowest BCUT2D eigenvalue weighted by atomic mass is 10.2. The molecular weight excluding hydrogens is 248 g/mol. The molecule has 1 aliphatic rings. The summed E-state index contributed by atoms with van der Waals surface area (Å²) in [7, 11) is 2.18. The van der Waals surface area contributed by atoms with Crippen LogP contribution in [0.5, 0.6) is 0 Å². The lowest BCUT2D eigenvalue weighted by molar-refractivity contribution is 0.312. The molecular formula is C16H28N4. The molecule has 0 atom stereocenters. The minimum atomic E-state index is 0.690. The fourth-order valence-corrected chi connectivity index (χ4v) is 2.53. The number of likely N-dealkylation sites (N-methyl/N-ethyl adjacent to an activating group) is 1. The van der Waals surface area contributed by atoms with Crippen LogP contribution in [0.15, 0.2) is 12.1 Å². The third kappa shape index (κ3) is 4.46. The van der Waals surface area contributed by atoms with Crippen LogP contribution in [0.2, 0.25) is 0 Å². The molecule has 1 aromatic heterocycles. The minimum Gasteiger partial charge on any atom is -0.354 e. The van der Waals surface area contributed by atoms with Crippen molar-refractivity contribution in [1.29, 1.82) is 0 Å². The van der Waals surface area contributed by atoms with Gasteiger partial charge in [0.1, 0.15) is 5.82 Å². The number of nitrogens with one attached hydrogen (secondary N) is 1. The van der Waals surface area contributed by atoms with Gasteiger partial charge in [-0.1, -0.05) is 13.8 Å². The van der Waals surface area contributed by atoms with Gasteiger partial charge in [0.05, 0.1) is 0 Å². The Morgan fingerprint density at radius 2 is 1.90 bits per heavy atom. The number of rotatable bonds is 5. The quantitative estimate of drug-likeness (QED) is 0.890. The molecule has 2 rings (SSSR count). The van der Waals surface area contributed by atoms with Crippen LogP contribution < -0.4 is 10.2 Å². The topological polar surface area (TPSA) is 31.4 Å². The molecule has 0 radical (unpaired) electrons. The molecule has 1 aliphatic heterocycles. The van der Waals surface area contributed by atoms with Crippen molar-refractivity contribution < 1.29 is 0 Å². The van der Waals surface area contributed by atoms with Gasteiger partial charge in [0.25, 0.3) is 0 Å². The second-order valence-corrected chi connectivity index (χ2v) is 6.29. The summed E-state index contributed by atoms with van der Waals surface area (Å²) >= 11 is 0. The van der Waals surface area contributed by atoms with Crippen molar-refractivity contribution in [2.24, 2.45) is 5.92 Å². The maximum Gasteiger partial charge on any atom is 0.129 e. The van der Waals surface area contributed by atoms with Crippen LogP contribution >= 0.6 is 0 Å². The normalized spacial score (nSPS) is 16.9. The predicted molar refractivity (Wildman–Crippen MR) is 85.2 cm³/mol. The molecule has 0 aromatic carbocycles. The highest BCUT2D eigenvalue weighted by atomic mass is 15.3. The number of nitrogens with zero attached hydrogens (tertiary/aromatic N) is 3. The van der Waals surface area contributed by atoms with E-state index in [1.807, 2.05) is 0 Å². The third-order valence-electron chi connectivity index (χ3n) is 3.71. The van der Waals surface area contributed by atoms with Gasteiger partial charge in [-0.25, -0.2) is 4.98 Å². The Morgan fingerprint density at radius 1 is 1.20 bits per heavy atom. The van der Waals surface area contributed by atoms with Crippen LogP contribution in [-0.4, -0.2) is 49.7 Å². The Balaban J connectivity index is 2.00. The van der Waals surface area contributed by atoms with E-state index >= 15 is 0 Å². The molecule has 0 unspecified atom stereocenters. The minimum absolute atomic E-state index is 0.690. The number of hydrogen-bond acceptors (Lipinski definition) is 4. The van der Waals surface area contributed by atoms with Gasteiger partial charge in [-0.15, -0.1) is 0 Å². The van der Waals surface area contributed by atoms with Crippen LogP contribution in [-0.2, 0) is 6.54 Å². The van der Waals surface area contributed by atoms with Crippen LogP contribution in [0.3, 0.4) is 0 Å². The summed E-state index contributed by atoms with van der Waals surface area (Å²) in [6.07, 6.45) is 0. The van der Waals surface area contributed by atoms with Gasteiger partial charge in [-0.2, -0.15) is 0 Å². The van der Waals surface area contributed by atoms with E-state index in [1.54, 1.807) is 0 Å². The summed E-state index contributed by atoms with van der Waals surface area (Å²) in [6.45, 7) is 12.9. The van der Waals surface area contributed by atoms with Crippen molar-refractivity contribution in [3.8, 4) is 0 Å². The number of anilines is 1. The highest BCUT2D eigenvalue weighted by Crippen LogP contribution is 2.16. The highest BCUT2D eigenvalue weighted by molar-refractivity contribution is 5.43. The van der Waals surface area contributed by atoms with Gasteiger partial charge < -0.3 is 15.1 Å². The molecule has 20 heavy (non-hydrogen) atoms. The lowest BCUT2D eigenvalue weighted by Crippen LogP contribution is -2.44. The van der Waals surface area contributed by atoms with E-state index in [4.69, 9.17) is 4.98 Å². The Kier molecular flexibility index (Phi) is 5.38. The molecule has 4 nitrogen and oxygen atoms in total. The van der Waals surface area contributed by atoms with Crippen LogP contribution in [0.25, 0.3) is 0 Å². The van der Waals surface area contributed by atoms with Gasteiger partial charge in [-0.05, 0) is 44.1 Å². The van der Waals surface area contributed by atoms with E-state index in [0.717, 1.165) is 50.8 Å². The summed E-state index contributed by atoms with van der Waals surface area (Å²) < 4.78 is 0. The van der Waals surface area contributed by atoms with Crippen molar-refractivity contribution in [1.82, 2.24) is 15.2 Å². The first-order chi connectivity index (χ1) is 9.54. The summed E-state index contributed by atoms with van der Waals surface area (Å²) in [5, 5.41) is 3.51. The second kappa shape index (κ2) is 7.04. The zero-order valence-electron chi connectivity index (χ0n) is 13.3. The van der Waals surface area contributed by atoms with E-state index in [9.17, 15) is 0 Å². The average molecular weight is 276 g/mol. The Labute approximate surface area is 123 Å². The molecule has 112 valence electrons. The van der Waals surface area contributed by atoms with Gasteiger partial charge in [0.2, 0.25) is 0 Å². The molecule has 0 bridgehead atoms. The standard InChI is InChI=1S/C16H28N4/c1-13(2)11-17-12-15-9-14(3)18-16(10-15)20-7-5-19(4)6-8-20/h9-10,13,17H,5-8,11-12H2,1-4H3. The summed E-state index contributed by atoms with van der Waals surface area (Å²) in [6, 6.07) is 4.43. The summed E-state index contributed by atoms with van der Waals surface area (Å²) in [4.78, 5) is 9.48. The number of aromatic nitrogens is 1. The number of aryl methyl sites for hydroxylation is 1. The fraction of sp³-hybridized carbons (Fsp3) is 0.688. The first kappa shape index (κ1) is 15.3. The average Bonchev–Trinajstić information content (AvgIpc) is 2.38. The Hall–Kier alpha value is -1.13. The molecule has 0 spiro atoms. The number of pyridine rings is 1. The first-order valence-electron chi connectivity index (χ1n) is 7.66. The smallest absolute Gasteiger partial charge is 0.129 e. The molecule has 2 heterocycles. The van der Waals surface area contributed by atoms with Crippen molar-refractivity contribution in [3.63, 3.8) is 0 Å². The van der Waals surface area contributed by atoms with Crippen LogP contribution in [0.1, 0.15) is 25.1 Å². The van der Waals surface area contributed by atoms with Gasteiger partial charge in [0.15, 0.2) is 0 Å². The third-order valence-corrected chi connectivity index (χ3v) is 3.71. The molecule has 1 N–H and O–H groups in total. The van der Waals surface area contributed by atoms with Crippen LogP contribution in [0.4, 0.5) is 5.82 Å². The fourth-order valence-electron chi connectivity index (χ4n) is 2.53. The monoisotopic (exact) mass is 276 g/mol. The van der Waals surface area contributed by atoms with E-state index in [-0.39, 0.29) is 0 Å². The summed E-state index contributed by atoms with van der Waals surface area (Å²) in [5.41, 5.74) is 2.45. The summed E-state index contributed by atoms with van der Waals surface area (Å²) in [5.74, 6) is 1.83. The SMILES string of the molecule is Cc1cc(CNCC(C)C)cc(N2CCN(C)CC2)n1. The molecule has 0 aliphatic carbocycles. The Morgan fingerprint density at radius 3 is 2.55 bits per heavy atom. The van der Waals surface area contributed by atoms with E-state index in [1.165, 1.54) is 5.56 Å². The van der Waals surface area contributed by atoms with E-state index < -0.39 is 0 Å². The largest absolute Gasteiger partial charge is 0.354 e. The lowest BCUT2D eigenvalue weighted by Gasteiger charge is -2.33. The molecule has 1 aromatic rings. The molecule has 1 fully saturated rings. The zero-order chi connectivity index (χ0) is 14.5. The predicted octanol–water partition coefficient (Wildman–Crippen LogP) is 1.89. The first-order valence-corrected chi connectivity index (χ1v) is 7.66. The number of piperazine rings is 1. The Bertz CT molecular complexity index is 422. The van der Waals surface area contributed by atoms with Gasteiger partial charge >= 0.3 is 0 Å². The maximum atomic E-state index is 4.71. The van der Waals surface area contributed by atoms with Gasteiger partial charge in [0, 0.05) is 38.4 Å². The number of hydrogen-bond donors (Lipinski definition) is 1. The van der Waals surface area contributed by atoms with Crippen molar-refractivity contribution >= 4 is 5.82 Å². The van der Waals surface area contributed by atoms with E-state index in [2.05, 4.69) is 55.1 Å². The van der Waals surface area contributed by atoms with Crippen molar-refractivity contribution in [3.05, 3.63) is 23.4 Å². The van der Waals surface area contributed by atoms with Crippen LogP contribution in [0, 0.1) is 12.8 Å². The highest BCUT2D eigenvalue weighted by Gasteiger charge is 2.15.